The van der Waals surface area contributed by atoms with Gasteiger partial charge in [0.05, 0.1) is 6.54 Å². The van der Waals surface area contributed by atoms with E-state index in [-0.39, 0.29) is 12.1 Å². The second-order valence-corrected chi connectivity index (χ2v) is 8.21. The molecule has 0 aliphatic carbocycles. The molecule has 0 radical (unpaired) electrons. The van der Waals surface area contributed by atoms with Crippen LogP contribution in [0.3, 0.4) is 0 Å². The zero-order chi connectivity index (χ0) is 21.7. The second-order valence-electron chi connectivity index (χ2n) is 7.77. The third-order valence-electron chi connectivity index (χ3n) is 5.89. The van der Waals surface area contributed by atoms with Crippen molar-refractivity contribution in [3.8, 4) is 0 Å². The van der Waals surface area contributed by atoms with Gasteiger partial charge in [0.2, 0.25) is 5.95 Å². The number of aryl methyl sites for hydroxylation is 2. The number of benzene rings is 2. The molecule has 7 nitrogen and oxygen atoms in total. The van der Waals surface area contributed by atoms with Gasteiger partial charge in [0.15, 0.2) is 11.2 Å². The minimum Gasteiger partial charge on any atom is -0.310 e. The number of imidazole rings is 1. The van der Waals surface area contributed by atoms with Crippen LogP contribution in [0.5, 0.6) is 0 Å². The van der Waals surface area contributed by atoms with Gasteiger partial charge < -0.3 is 9.47 Å². The first-order chi connectivity index (χ1) is 15.0. The Bertz CT molecular complexity index is 1420. The monoisotopic (exact) mass is 435 g/mol. The first-order valence-electron chi connectivity index (χ1n) is 10.3. The van der Waals surface area contributed by atoms with Crippen molar-refractivity contribution in [2.24, 2.45) is 7.05 Å². The van der Waals surface area contributed by atoms with Crippen molar-refractivity contribution in [3.05, 3.63) is 85.5 Å². The average molecular weight is 436 g/mol. The van der Waals surface area contributed by atoms with Crippen LogP contribution in [0.2, 0.25) is 5.02 Å². The highest BCUT2D eigenvalue weighted by Gasteiger charge is 2.28. The summed E-state index contributed by atoms with van der Waals surface area (Å²) in [5.74, 6) is 0.687. The van der Waals surface area contributed by atoms with E-state index in [9.17, 15) is 9.59 Å². The van der Waals surface area contributed by atoms with Crippen LogP contribution in [0.1, 0.15) is 18.1 Å². The Morgan fingerprint density at radius 2 is 1.81 bits per heavy atom. The van der Waals surface area contributed by atoms with Gasteiger partial charge in [0.1, 0.15) is 0 Å². The van der Waals surface area contributed by atoms with Crippen molar-refractivity contribution >= 4 is 34.4 Å². The Balaban J connectivity index is 1.64. The first-order valence-corrected chi connectivity index (χ1v) is 10.7. The van der Waals surface area contributed by atoms with E-state index < -0.39 is 5.69 Å². The standard InChI is InChI=1S/C23H22ClN5O2/c1-3-15-7-9-18(10-8-15)27-11-12-28-19-20(25-22(27)28)26(2)23(31)29(21(19)30)14-16-5-4-6-17(24)13-16/h4-10,13H,3,11-12,14H2,1-2H3. The van der Waals surface area contributed by atoms with Gasteiger partial charge in [0.25, 0.3) is 5.56 Å². The van der Waals surface area contributed by atoms with Crippen molar-refractivity contribution in [2.45, 2.75) is 26.4 Å². The molecule has 0 spiro atoms. The molecule has 5 rings (SSSR count). The van der Waals surface area contributed by atoms with Gasteiger partial charge in [0, 0.05) is 30.8 Å². The van der Waals surface area contributed by atoms with E-state index in [1.807, 2.05) is 16.7 Å². The van der Waals surface area contributed by atoms with E-state index in [4.69, 9.17) is 16.6 Å². The van der Waals surface area contributed by atoms with E-state index in [2.05, 4.69) is 36.1 Å². The van der Waals surface area contributed by atoms with Crippen LogP contribution < -0.4 is 16.1 Å². The third-order valence-corrected chi connectivity index (χ3v) is 6.12. The number of hydrogen-bond donors (Lipinski definition) is 0. The van der Waals surface area contributed by atoms with Crippen molar-refractivity contribution in [1.29, 1.82) is 0 Å². The van der Waals surface area contributed by atoms with E-state index >= 15 is 0 Å². The topological polar surface area (TPSA) is 65.1 Å². The molecule has 158 valence electrons. The number of halogens is 1. The summed E-state index contributed by atoms with van der Waals surface area (Å²) in [4.78, 5) is 33.1. The molecule has 2 aromatic carbocycles. The first kappa shape index (κ1) is 19.6. The highest BCUT2D eigenvalue weighted by molar-refractivity contribution is 6.30. The number of fused-ring (bicyclic) bond motifs is 3. The quantitative estimate of drug-likeness (QED) is 0.493. The van der Waals surface area contributed by atoms with Gasteiger partial charge in [-0.15, -0.1) is 0 Å². The summed E-state index contributed by atoms with van der Waals surface area (Å²) in [5.41, 5.74) is 3.21. The number of rotatable bonds is 4. The van der Waals surface area contributed by atoms with Crippen molar-refractivity contribution in [3.63, 3.8) is 0 Å². The molecule has 8 heteroatoms. The summed E-state index contributed by atoms with van der Waals surface area (Å²) in [6.45, 7) is 3.64. The Kier molecular flexibility index (Phi) is 4.70. The average Bonchev–Trinajstić information content (AvgIpc) is 3.35. The summed E-state index contributed by atoms with van der Waals surface area (Å²) >= 11 is 6.08. The van der Waals surface area contributed by atoms with Gasteiger partial charge >= 0.3 is 5.69 Å². The fourth-order valence-corrected chi connectivity index (χ4v) is 4.40. The number of aromatic nitrogens is 4. The van der Waals surface area contributed by atoms with Crippen molar-refractivity contribution < 1.29 is 0 Å². The van der Waals surface area contributed by atoms with Gasteiger partial charge in [-0.05, 0) is 41.8 Å². The molecular formula is C23H22ClN5O2. The van der Waals surface area contributed by atoms with Crippen LogP contribution in [0.4, 0.5) is 11.6 Å². The summed E-state index contributed by atoms with van der Waals surface area (Å²) in [5, 5.41) is 0.568. The molecule has 0 amide bonds. The lowest BCUT2D eigenvalue weighted by atomic mass is 10.1. The molecule has 0 saturated carbocycles. The lowest BCUT2D eigenvalue weighted by Crippen LogP contribution is -2.40. The summed E-state index contributed by atoms with van der Waals surface area (Å²) in [6.07, 6.45) is 0.979. The SMILES string of the molecule is CCc1ccc(N2CCn3c2nc2c3c(=O)n(Cc3cccc(Cl)c3)c(=O)n2C)cc1. The van der Waals surface area contributed by atoms with Gasteiger partial charge in [-0.2, -0.15) is 4.98 Å². The Morgan fingerprint density at radius 3 is 2.52 bits per heavy atom. The maximum absolute atomic E-state index is 13.4. The molecule has 0 N–H and O–H groups in total. The molecule has 31 heavy (non-hydrogen) atoms. The van der Waals surface area contributed by atoms with E-state index in [0.29, 0.717) is 28.7 Å². The van der Waals surface area contributed by atoms with E-state index in [1.54, 1.807) is 19.2 Å². The van der Waals surface area contributed by atoms with Crippen molar-refractivity contribution in [2.75, 3.05) is 11.4 Å². The predicted molar refractivity (Wildman–Crippen MR) is 123 cm³/mol. The Labute approximate surface area is 183 Å². The van der Waals surface area contributed by atoms with Gasteiger partial charge in [-0.3, -0.25) is 13.9 Å². The molecule has 3 heterocycles. The minimum absolute atomic E-state index is 0.157. The normalized spacial score (nSPS) is 13.2. The summed E-state index contributed by atoms with van der Waals surface area (Å²) in [6, 6.07) is 15.5. The van der Waals surface area contributed by atoms with Crippen molar-refractivity contribution in [1.82, 2.24) is 18.7 Å². The molecular weight excluding hydrogens is 414 g/mol. The zero-order valence-electron chi connectivity index (χ0n) is 17.4. The van der Waals surface area contributed by atoms with Crippen LogP contribution in [-0.4, -0.2) is 25.2 Å². The number of hydrogen-bond acceptors (Lipinski definition) is 4. The van der Waals surface area contributed by atoms with Crippen LogP contribution in [-0.2, 0) is 26.6 Å². The smallest absolute Gasteiger partial charge is 0.310 e. The van der Waals surface area contributed by atoms with Crippen LogP contribution >= 0.6 is 11.6 Å². The summed E-state index contributed by atoms with van der Waals surface area (Å²) in [7, 11) is 1.65. The molecule has 2 aromatic heterocycles. The van der Waals surface area contributed by atoms with E-state index in [1.165, 1.54) is 14.7 Å². The van der Waals surface area contributed by atoms with Crippen LogP contribution in [0.15, 0.2) is 58.1 Å². The maximum Gasteiger partial charge on any atom is 0.332 e. The Hall–Kier alpha value is -3.32. The Morgan fingerprint density at radius 1 is 1.03 bits per heavy atom. The second kappa shape index (κ2) is 7.42. The maximum atomic E-state index is 13.4. The lowest BCUT2D eigenvalue weighted by molar-refractivity contribution is 0.652. The summed E-state index contributed by atoms with van der Waals surface area (Å²) < 4.78 is 4.62. The molecule has 0 unspecified atom stereocenters. The van der Waals surface area contributed by atoms with Crippen LogP contribution in [0.25, 0.3) is 11.2 Å². The molecule has 1 aliphatic rings. The van der Waals surface area contributed by atoms with Crippen LogP contribution in [0, 0.1) is 0 Å². The number of anilines is 2. The predicted octanol–water partition coefficient (Wildman–Crippen LogP) is 3.31. The molecule has 0 saturated heterocycles. The molecule has 4 aromatic rings. The third kappa shape index (κ3) is 3.16. The highest BCUT2D eigenvalue weighted by atomic mass is 35.5. The largest absolute Gasteiger partial charge is 0.332 e. The minimum atomic E-state index is -0.395. The van der Waals surface area contributed by atoms with Gasteiger partial charge in [-0.25, -0.2) is 4.79 Å². The molecule has 0 atom stereocenters. The number of nitrogens with zero attached hydrogens (tertiary/aromatic N) is 5. The molecule has 0 bridgehead atoms. The fourth-order valence-electron chi connectivity index (χ4n) is 4.19. The van der Waals surface area contributed by atoms with E-state index in [0.717, 1.165) is 24.2 Å². The fraction of sp³-hybridized carbons (Fsp3) is 0.261. The zero-order valence-corrected chi connectivity index (χ0v) is 18.1. The van der Waals surface area contributed by atoms with Gasteiger partial charge in [-0.1, -0.05) is 42.8 Å². The lowest BCUT2D eigenvalue weighted by Gasteiger charge is -2.16. The molecule has 1 aliphatic heterocycles. The molecule has 0 fully saturated rings. The highest BCUT2D eigenvalue weighted by Crippen LogP contribution is 2.31.